The first-order chi connectivity index (χ1) is 16.6. The van der Waals surface area contributed by atoms with Gasteiger partial charge in [-0.1, -0.05) is 54.1 Å². The molecule has 0 spiro atoms. The average molecular weight is 547 g/mol. The molecule has 1 saturated carbocycles. The lowest BCUT2D eigenvalue weighted by Crippen LogP contribution is -2.41. The van der Waals surface area contributed by atoms with E-state index in [2.05, 4.69) is 23.3 Å². The molecule has 190 valence electrons. The predicted octanol–water partition coefficient (Wildman–Crippen LogP) is 5.66. The van der Waals surface area contributed by atoms with Crippen molar-refractivity contribution in [2.45, 2.75) is 43.7 Å². The normalized spacial score (nSPS) is 19.2. The Hall–Kier alpha value is -2.64. The number of aromatic nitrogens is 4. The molecule has 36 heavy (non-hydrogen) atoms. The highest BCUT2D eigenvalue weighted by atomic mass is 35.5. The van der Waals surface area contributed by atoms with Gasteiger partial charge in [0.25, 0.3) is 5.56 Å². The number of hydrogen-bond acceptors (Lipinski definition) is 4. The molecule has 6 nitrogen and oxygen atoms in total. The molecule has 0 unspecified atom stereocenters. The van der Waals surface area contributed by atoms with Gasteiger partial charge in [-0.05, 0) is 55.0 Å². The largest absolute Gasteiger partial charge is 0.330 e. The summed E-state index contributed by atoms with van der Waals surface area (Å²) in [5, 5.41) is 9.96. The molecule has 1 aliphatic carbocycles. The van der Waals surface area contributed by atoms with Crippen LogP contribution in [0.15, 0.2) is 83.9 Å². The van der Waals surface area contributed by atoms with Crippen LogP contribution in [0, 0.1) is 0 Å². The van der Waals surface area contributed by atoms with Gasteiger partial charge in [0.2, 0.25) is 0 Å². The fourth-order valence-corrected chi connectivity index (χ4v) is 5.21. The Kier molecular flexibility index (Phi) is 9.36. The van der Waals surface area contributed by atoms with Gasteiger partial charge < -0.3 is 5.73 Å². The number of nitrogens with zero attached hydrogens (tertiary/aromatic N) is 4. The van der Waals surface area contributed by atoms with Crippen molar-refractivity contribution in [3.05, 3.63) is 106 Å². The lowest BCUT2D eigenvalue weighted by atomic mass is 9.68. The maximum absolute atomic E-state index is 12.7. The minimum absolute atomic E-state index is 0. The molecule has 2 heterocycles. The Labute approximate surface area is 228 Å². The van der Waals surface area contributed by atoms with E-state index in [0.717, 1.165) is 42.0 Å². The van der Waals surface area contributed by atoms with Crippen LogP contribution in [0.2, 0.25) is 5.02 Å². The van der Waals surface area contributed by atoms with Crippen molar-refractivity contribution in [1.29, 1.82) is 0 Å². The Bertz CT molecular complexity index is 1330. The van der Waals surface area contributed by atoms with Crippen LogP contribution in [0.1, 0.15) is 42.9 Å². The fourth-order valence-electron chi connectivity index (χ4n) is 5.02. The first-order valence-corrected chi connectivity index (χ1v) is 12.1. The summed E-state index contributed by atoms with van der Waals surface area (Å²) in [6.07, 6.45) is 7.24. The van der Waals surface area contributed by atoms with E-state index in [1.807, 2.05) is 47.3 Å². The van der Waals surface area contributed by atoms with Crippen molar-refractivity contribution in [2.24, 2.45) is 5.73 Å². The van der Waals surface area contributed by atoms with E-state index in [1.54, 1.807) is 23.0 Å². The molecule has 2 aromatic heterocycles. The zero-order chi connectivity index (χ0) is 23.5. The van der Waals surface area contributed by atoms with Crippen LogP contribution in [-0.4, -0.2) is 26.1 Å². The first kappa shape index (κ1) is 27.9. The van der Waals surface area contributed by atoms with Crippen LogP contribution < -0.4 is 11.3 Å². The number of nitrogens with two attached hydrogens (primary N) is 1. The van der Waals surface area contributed by atoms with Crippen LogP contribution in [-0.2, 0) is 12.0 Å². The van der Waals surface area contributed by atoms with Crippen LogP contribution >= 0.6 is 36.4 Å². The Morgan fingerprint density at radius 1 is 1.00 bits per heavy atom. The van der Waals surface area contributed by atoms with Crippen LogP contribution in [0.5, 0.6) is 0 Å². The standard InChI is InChI=1S/C27H28ClN5O.2ClH/c28-23-8-4-7-22(15-23)27(19-29)13-11-24(12-14-27)33-26(34)10-9-25(31-33)21-16-30-32(18-21)17-20-5-2-1-3-6-20;;/h1-10,15-16,18,24H,11-14,17,19,29H2;2*1H/t24-,27+;;. The summed E-state index contributed by atoms with van der Waals surface area (Å²) in [7, 11) is 0. The molecule has 2 N–H and O–H groups in total. The number of benzene rings is 2. The van der Waals surface area contributed by atoms with E-state index in [-0.39, 0.29) is 41.8 Å². The van der Waals surface area contributed by atoms with Gasteiger partial charge in [-0.25, -0.2) is 4.68 Å². The van der Waals surface area contributed by atoms with Crippen molar-refractivity contribution < 1.29 is 0 Å². The zero-order valence-electron chi connectivity index (χ0n) is 19.8. The summed E-state index contributed by atoms with van der Waals surface area (Å²) in [5.74, 6) is 0. The molecule has 4 aromatic rings. The Balaban J connectivity index is 0.00000180. The van der Waals surface area contributed by atoms with Crippen LogP contribution in [0.3, 0.4) is 0 Å². The summed E-state index contributed by atoms with van der Waals surface area (Å²) in [6.45, 7) is 1.25. The first-order valence-electron chi connectivity index (χ1n) is 11.7. The predicted molar refractivity (Wildman–Crippen MR) is 149 cm³/mol. The molecule has 1 aliphatic rings. The highest BCUT2D eigenvalue weighted by Gasteiger charge is 2.37. The van der Waals surface area contributed by atoms with E-state index in [9.17, 15) is 4.79 Å². The third-order valence-electron chi connectivity index (χ3n) is 7.03. The van der Waals surface area contributed by atoms with Gasteiger partial charge >= 0.3 is 0 Å². The zero-order valence-corrected chi connectivity index (χ0v) is 22.2. The molecule has 0 amide bonds. The van der Waals surface area contributed by atoms with Gasteiger partial charge in [0.05, 0.1) is 24.5 Å². The number of rotatable bonds is 6. The second-order valence-corrected chi connectivity index (χ2v) is 9.58. The third kappa shape index (κ3) is 5.84. The molecular weight excluding hydrogens is 517 g/mol. The molecule has 0 saturated heterocycles. The average Bonchev–Trinajstić information content (AvgIpc) is 3.33. The van der Waals surface area contributed by atoms with Crippen molar-refractivity contribution >= 4 is 36.4 Å². The summed E-state index contributed by atoms with van der Waals surface area (Å²) < 4.78 is 3.55. The SMILES string of the molecule is Cl.Cl.NC[C@]1(c2cccc(Cl)c2)CC[C@@H](n2nc(-c3cnn(Cc4ccccc4)c3)ccc2=O)CC1. The molecule has 0 atom stereocenters. The Morgan fingerprint density at radius 2 is 1.75 bits per heavy atom. The van der Waals surface area contributed by atoms with Crippen molar-refractivity contribution in [1.82, 2.24) is 19.6 Å². The summed E-state index contributed by atoms with van der Waals surface area (Å²) in [5.41, 5.74) is 10.1. The minimum atomic E-state index is -0.110. The molecule has 0 aliphatic heterocycles. The highest BCUT2D eigenvalue weighted by molar-refractivity contribution is 6.30. The van der Waals surface area contributed by atoms with Gasteiger partial charge in [-0.3, -0.25) is 9.48 Å². The molecule has 1 fully saturated rings. The van der Waals surface area contributed by atoms with E-state index < -0.39 is 0 Å². The van der Waals surface area contributed by atoms with Gasteiger partial charge in [0.1, 0.15) is 0 Å². The lowest BCUT2D eigenvalue weighted by Gasteiger charge is -2.40. The van der Waals surface area contributed by atoms with Crippen molar-refractivity contribution in [3.63, 3.8) is 0 Å². The molecule has 5 rings (SSSR count). The lowest BCUT2D eigenvalue weighted by molar-refractivity contribution is 0.222. The van der Waals surface area contributed by atoms with Gasteiger partial charge in [0, 0.05) is 34.8 Å². The van der Waals surface area contributed by atoms with Crippen LogP contribution in [0.25, 0.3) is 11.3 Å². The second kappa shape index (κ2) is 12.1. The van der Waals surface area contributed by atoms with E-state index in [0.29, 0.717) is 13.1 Å². The summed E-state index contributed by atoms with van der Waals surface area (Å²) in [4.78, 5) is 12.7. The second-order valence-electron chi connectivity index (χ2n) is 9.14. The maximum Gasteiger partial charge on any atom is 0.267 e. The third-order valence-corrected chi connectivity index (χ3v) is 7.26. The van der Waals surface area contributed by atoms with Gasteiger partial charge in [-0.15, -0.1) is 24.8 Å². The number of halogens is 3. The molecule has 2 aromatic carbocycles. The molecule has 0 radical (unpaired) electrons. The van der Waals surface area contributed by atoms with Gasteiger partial charge in [-0.2, -0.15) is 10.2 Å². The molecule has 9 heteroatoms. The van der Waals surface area contributed by atoms with Gasteiger partial charge in [0.15, 0.2) is 0 Å². The van der Waals surface area contributed by atoms with Crippen LogP contribution in [0.4, 0.5) is 0 Å². The quantitative estimate of drug-likeness (QED) is 0.338. The van der Waals surface area contributed by atoms with Crippen molar-refractivity contribution in [3.8, 4) is 11.3 Å². The summed E-state index contributed by atoms with van der Waals surface area (Å²) >= 11 is 6.25. The highest BCUT2D eigenvalue weighted by Crippen LogP contribution is 2.42. The maximum atomic E-state index is 12.7. The fraction of sp³-hybridized carbons (Fsp3) is 0.296. The monoisotopic (exact) mass is 545 g/mol. The molecular formula is C27H30Cl3N5O. The minimum Gasteiger partial charge on any atom is -0.330 e. The Morgan fingerprint density at radius 3 is 2.44 bits per heavy atom. The number of hydrogen-bond donors (Lipinski definition) is 1. The van der Waals surface area contributed by atoms with Crippen molar-refractivity contribution in [2.75, 3.05) is 6.54 Å². The summed E-state index contributed by atoms with van der Waals surface area (Å²) in [6, 6.07) is 21.6. The van der Waals surface area contributed by atoms with E-state index in [4.69, 9.17) is 22.4 Å². The molecule has 0 bridgehead atoms. The van der Waals surface area contributed by atoms with E-state index in [1.165, 1.54) is 11.1 Å². The van der Waals surface area contributed by atoms with E-state index >= 15 is 0 Å². The smallest absolute Gasteiger partial charge is 0.267 e. The topological polar surface area (TPSA) is 78.7 Å².